The van der Waals surface area contributed by atoms with Crippen molar-refractivity contribution in [1.29, 1.82) is 0 Å². The number of pyridine rings is 1. The normalized spacial score (nSPS) is 15.4. The summed E-state index contributed by atoms with van der Waals surface area (Å²) in [5, 5.41) is 5.55. The smallest absolute Gasteiger partial charge is 0.236 e. The number of amides is 1. The number of hydrogen-bond donors (Lipinski definition) is 1. The van der Waals surface area contributed by atoms with Crippen molar-refractivity contribution < 1.29 is 4.79 Å². The first-order valence-electron chi connectivity index (χ1n) is 9.57. The molecule has 1 aliphatic rings. The lowest BCUT2D eigenvalue weighted by molar-refractivity contribution is -0.130. The number of piperazine rings is 1. The molecule has 4 rings (SSSR count). The van der Waals surface area contributed by atoms with E-state index in [2.05, 4.69) is 44.8 Å². The fourth-order valence-electron chi connectivity index (χ4n) is 3.51. The van der Waals surface area contributed by atoms with E-state index in [-0.39, 0.29) is 11.9 Å². The summed E-state index contributed by atoms with van der Waals surface area (Å²) in [6.07, 6.45) is 1.81. The zero-order valence-corrected chi connectivity index (χ0v) is 16.5. The Morgan fingerprint density at radius 2 is 1.79 bits per heavy atom. The highest BCUT2D eigenvalue weighted by molar-refractivity contribution is 7.10. The molecule has 28 heavy (non-hydrogen) atoms. The van der Waals surface area contributed by atoms with Gasteiger partial charge in [-0.05, 0) is 29.1 Å². The maximum absolute atomic E-state index is 12.8. The van der Waals surface area contributed by atoms with E-state index in [1.165, 1.54) is 10.4 Å². The summed E-state index contributed by atoms with van der Waals surface area (Å²) in [6, 6.07) is 20.4. The number of rotatable bonds is 6. The summed E-state index contributed by atoms with van der Waals surface area (Å²) in [7, 11) is 0. The molecule has 1 aromatic carbocycles. The van der Waals surface area contributed by atoms with Crippen molar-refractivity contribution in [3.05, 3.63) is 82.7 Å². The van der Waals surface area contributed by atoms with Crippen molar-refractivity contribution in [3.8, 4) is 0 Å². The van der Waals surface area contributed by atoms with Gasteiger partial charge in [0.15, 0.2) is 0 Å². The number of carbonyl (C=O) groups excluding carboxylic acids is 1. The predicted molar refractivity (Wildman–Crippen MR) is 114 cm³/mol. The molecule has 0 bridgehead atoms. The van der Waals surface area contributed by atoms with E-state index >= 15 is 0 Å². The molecule has 1 aliphatic heterocycles. The summed E-state index contributed by atoms with van der Waals surface area (Å²) >= 11 is 1.71. The molecule has 2 aromatic heterocycles. The van der Waals surface area contributed by atoms with Gasteiger partial charge in [-0.1, -0.05) is 42.5 Å². The number of thiophene rings is 1. The number of nitrogens with zero attached hydrogens (tertiary/aromatic N) is 3. The second-order valence-electron chi connectivity index (χ2n) is 6.80. The zero-order chi connectivity index (χ0) is 19.2. The largest absolute Gasteiger partial charge is 0.353 e. The fourth-order valence-corrected chi connectivity index (χ4v) is 4.34. The molecule has 1 atom stereocenters. The minimum absolute atomic E-state index is 0.0416. The number of hydrogen-bond acceptors (Lipinski definition) is 5. The van der Waals surface area contributed by atoms with Crippen LogP contribution in [-0.2, 0) is 4.79 Å². The molecule has 0 saturated carbocycles. The number of aromatic nitrogens is 1. The quantitative estimate of drug-likeness (QED) is 0.700. The number of anilines is 1. The van der Waals surface area contributed by atoms with E-state index in [1.807, 2.05) is 47.5 Å². The Morgan fingerprint density at radius 3 is 2.46 bits per heavy atom. The Balaban J connectivity index is 1.34. The standard InChI is InChI=1S/C22H24N4OS/c27-21(26-14-12-25(13-15-26)20-10-4-5-11-23-20)17-24-22(19-9-6-16-28-19)18-7-2-1-3-8-18/h1-11,16,22,24H,12-15,17H2/t22-/m0/s1. The van der Waals surface area contributed by atoms with Gasteiger partial charge in [-0.15, -0.1) is 11.3 Å². The monoisotopic (exact) mass is 392 g/mol. The molecule has 5 nitrogen and oxygen atoms in total. The van der Waals surface area contributed by atoms with Gasteiger partial charge in [0, 0.05) is 37.3 Å². The first kappa shape index (κ1) is 18.7. The van der Waals surface area contributed by atoms with Crippen LogP contribution in [0.2, 0.25) is 0 Å². The van der Waals surface area contributed by atoms with Crippen LogP contribution in [0.3, 0.4) is 0 Å². The topological polar surface area (TPSA) is 48.5 Å². The van der Waals surface area contributed by atoms with Crippen LogP contribution in [0.4, 0.5) is 5.82 Å². The van der Waals surface area contributed by atoms with Crippen molar-refractivity contribution in [2.24, 2.45) is 0 Å². The van der Waals surface area contributed by atoms with E-state index in [0.717, 1.165) is 32.0 Å². The first-order valence-corrected chi connectivity index (χ1v) is 10.4. The summed E-state index contributed by atoms with van der Waals surface area (Å²) in [6.45, 7) is 3.42. The Kier molecular flexibility index (Phi) is 5.99. The lowest BCUT2D eigenvalue weighted by Crippen LogP contribution is -2.51. The molecule has 3 aromatic rings. The molecule has 1 fully saturated rings. The number of carbonyl (C=O) groups is 1. The minimum Gasteiger partial charge on any atom is -0.353 e. The molecule has 0 unspecified atom stereocenters. The van der Waals surface area contributed by atoms with Gasteiger partial charge in [-0.3, -0.25) is 10.1 Å². The highest BCUT2D eigenvalue weighted by Gasteiger charge is 2.23. The van der Waals surface area contributed by atoms with Crippen molar-refractivity contribution >= 4 is 23.1 Å². The maximum Gasteiger partial charge on any atom is 0.236 e. The molecule has 0 spiro atoms. The van der Waals surface area contributed by atoms with Crippen LogP contribution in [-0.4, -0.2) is 48.5 Å². The van der Waals surface area contributed by atoms with Gasteiger partial charge in [0.1, 0.15) is 5.82 Å². The number of benzene rings is 1. The third-order valence-corrected chi connectivity index (χ3v) is 5.96. The van der Waals surface area contributed by atoms with Gasteiger partial charge in [-0.2, -0.15) is 0 Å². The van der Waals surface area contributed by atoms with Gasteiger partial charge in [0.05, 0.1) is 12.6 Å². The van der Waals surface area contributed by atoms with Crippen LogP contribution in [0, 0.1) is 0 Å². The third kappa shape index (κ3) is 4.40. The van der Waals surface area contributed by atoms with Crippen LogP contribution in [0.25, 0.3) is 0 Å². The zero-order valence-electron chi connectivity index (χ0n) is 15.7. The van der Waals surface area contributed by atoms with Gasteiger partial charge < -0.3 is 9.80 Å². The summed E-state index contributed by atoms with van der Waals surface area (Å²) in [5.41, 5.74) is 1.18. The summed E-state index contributed by atoms with van der Waals surface area (Å²) in [5.74, 6) is 1.13. The Hall–Kier alpha value is -2.70. The van der Waals surface area contributed by atoms with Crippen LogP contribution >= 0.6 is 11.3 Å². The SMILES string of the molecule is O=C(CN[C@@H](c1ccccc1)c1cccs1)N1CCN(c2ccccn2)CC1. The molecule has 1 saturated heterocycles. The van der Waals surface area contributed by atoms with Gasteiger partial charge in [0.2, 0.25) is 5.91 Å². The Bertz CT molecular complexity index is 862. The van der Waals surface area contributed by atoms with Crippen molar-refractivity contribution in [3.63, 3.8) is 0 Å². The number of nitrogens with one attached hydrogen (secondary N) is 1. The van der Waals surface area contributed by atoms with Crippen molar-refractivity contribution in [1.82, 2.24) is 15.2 Å². The van der Waals surface area contributed by atoms with Crippen molar-refractivity contribution in [2.75, 3.05) is 37.6 Å². The lowest BCUT2D eigenvalue weighted by Gasteiger charge is -2.35. The van der Waals surface area contributed by atoms with E-state index < -0.39 is 0 Å². The van der Waals surface area contributed by atoms with Crippen LogP contribution in [0.15, 0.2) is 72.2 Å². The highest BCUT2D eigenvalue weighted by atomic mass is 32.1. The van der Waals surface area contributed by atoms with Crippen LogP contribution < -0.4 is 10.2 Å². The maximum atomic E-state index is 12.8. The minimum atomic E-state index is 0.0416. The predicted octanol–water partition coefficient (Wildman–Crippen LogP) is 3.17. The second kappa shape index (κ2) is 8.99. The van der Waals surface area contributed by atoms with E-state index in [1.54, 1.807) is 11.3 Å². The fraction of sp³-hybridized carbons (Fsp3) is 0.273. The highest BCUT2D eigenvalue weighted by Crippen LogP contribution is 2.25. The van der Waals surface area contributed by atoms with E-state index in [4.69, 9.17) is 0 Å². The molecular weight excluding hydrogens is 368 g/mol. The summed E-state index contributed by atoms with van der Waals surface area (Å²) < 4.78 is 0. The Morgan fingerprint density at radius 1 is 1.00 bits per heavy atom. The third-order valence-electron chi connectivity index (χ3n) is 5.02. The average molecular weight is 393 g/mol. The molecule has 0 radical (unpaired) electrons. The summed E-state index contributed by atoms with van der Waals surface area (Å²) in [4.78, 5) is 22.6. The van der Waals surface area contributed by atoms with Crippen molar-refractivity contribution in [2.45, 2.75) is 6.04 Å². The van der Waals surface area contributed by atoms with Crippen LogP contribution in [0.5, 0.6) is 0 Å². The van der Waals surface area contributed by atoms with Crippen LogP contribution in [0.1, 0.15) is 16.5 Å². The van der Waals surface area contributed by atoms with Gasteiger partial charge >= 0.3 is 0 Å². The molecule has 6 heteroatoms. The van der Waals surface area contributed by atoms with E-state index in [9.17, 15) is 4.79 Å². The molecule has 3 heterocycles. The Labute approximate surface area is 169 Å². The molecule has 144 valence electrons. The van der Waals surface area contributed by atoms with Gasteiger partial charge in [0.25, 0.3) is 0 Å². The molecule has 1 N–H and O–H groups in total. The molecular formula is C22H24N4OS. The second-order valence-corrected chi connectivity index (χ2v) is 7.78. The lowest BCUT2D eigenvalue weighted by atomic mass is 10.1. The first-order chi connectivity index (χ1) is 13.8. The average Bonchev–Trinajstić information content (AvgIpc) is 3.30. The molecule has 1 amide bonds. The van der Waals surface area contributed by atoms with Gasteiger partial charge in [-0.25, -0.2) is 4.98 Å². The molecule has 0 aliphatic carbocycles. The van der Waals surface area contributed by atoms with E-state index in [0.29, 0.717) is 6.54 Å².